The Kier molecular flexibility index (Phi) is 5.65. The van der Waals surface area contributed by atoms with Gasteiger partial charge in [-0.3, -0.25) is 9.21 Å². The highest BCUT2D eigenvalue weighted by atomic mass is 35.5. The van der Waals surface area contributed by atoms with Crippen LogP contribution in [0.15, 0.2) is 20.2 Å². The molecule has 2 N–H and O–H groups in total. The third kappa shape index (κ3) is 3.62. The molecule has 8 nitrogen and oxygen atoms in total. The Morgan fingerprint density at radius 2 is 1.96 bits per heavy atom. The zero-order valence-corrected chi connectivity index (χ0v) is 16.1. The highest BCUT2D eigenvalue weighted by molar-refractivity contribution is 7.94. The molecular formula is C12H18ClN3O5S3. The molecule has 3 heterocycles. The zero-order valence-electron chi connectivity index (χ0n) is 12.8. The monoisotopic (exact) mass is 415 g/mol. The molecule has 0 unspecified atom stereocenters. The number of halogens is 1. The molecule has 3 rings (SSSR count). The molecule has 1 aromatic rings. The fourth-order valence-electron chi connectivity index (χ4n) is 2.49. The minimum absolute atomic E-state index is 0. The predicted octanol–water partition coefficient (Wildman–Crippen LogP) is 0.125. The van der Waals surface area contributed by atoms with E-state index < -0.39 is 20.0 Å². The van der Waals surface area contributed by atoms with Crippen molar-refractivity contribution in [3.8, 4) is 0 Å². The Morgan fingerprint density at radius 3 is 2.54 bits per heavy atom. The van der Waals surface area contributed by atoms with E-state index in [2.05, 4.69) is 4.90 Å². The number of fused-ring (bicyclic) bond motifs is 1. The molecule has 0 spiro atoms. The van der Waals surface area contributed by atoms with Crippen molar-refractivity contribution in [3.05, 3.63) is 17.3 Å². The molecule has 12 heteroatoms. The third-order valence-corrected chi connectivity index (χ3v) is 8.70. The lowest BCUT2D eigenvalue weighted by atomic mass is 10.2. The summed E-state index contributed by atoms with van der Waals surface area (Å²) in [6.07, 6.45) is 1.71. The normalized spacial score (nSPS) is 20.9. The summed E-state index contributed by atoms with van der Waals surface area (Å²) in [4.78, 5) is 2.10. The van der Waals surface area contributed by atoms with Crippen LogP contribution in [0.1, 0.15) is 5.56 Å². The summed E-state index contributed by atoms with van der Waals surface area (Å²) in [5.74, 6) is 0. The molecule has 0 saturated carbocycles. The van der Waals surface area contributed by atoms with Gasteiger partial charge in [0, 0.05) is 37.9 Å². The molecule has 1 saturated heterocycles. The van der Waals surface area contributed by atoms with E-state index in [-0.39, 0.29) is 20.8 Å². The number of primary sulfonamides is 1. The van der Waals surface area contributed by atoms with Crippen LogP contribution in [0, 0.1) is 0 Å². The number of nitrogens with two attached hydrogens (primary N) is 1. The van der Waals surface area contributed by atoms with E-state index >= 15 is 0 Å². The van der Waals surface area contributed by atoms with Crippen LogP contribution in [0.4, 0.5) is 0 Å². The molecular weight excluding hydrogens is 398 g/mol. The van der Waals surface area contributed by atoms with Crippen LogP contribution >= 0.6 is 23.7 Å². The summed E-state index contributed by atoms with van der Waals surface area (Å²) in [7, 11) is -6.21. The first-order chi connectivity index (χ1) is 10.7. The Balaban J connectivity index is 0.00000208. The summed E-state index contributed by atoms with van der Waals surface area (Å²) in [5.41, 5.74) is 0.971. The second kappa shape index (κ2) is 6.90. The van der Waals surface area contributed by atoms with Crippen LogP contribution in [0.2, 0.25) is 0 Å². The predicted molar refractivity (Wildman–Crippen MR) is 93.1 cm³/mol. The van der Waals surface area contributed by atoms with Crippen LogP contribution < -0.4 is 5.14 Å². The lowest BCUT2D eigenvalue weighted by Gasteiger charge is -2.32. The number of morpholine rings is 1. The second-order valence-electron chi connectivity index (χ2n) is 5.35. The summed E-state index contributed by atoms with van der Waals surface area (Å²) < 4.78 is 54.5. The Morgan fingerprint density at radius 1 is 1.33 bits per heavy atom. The van der Waals surface area contributed by atoms with Crippen molar-refractivity contribution in [2.75, 3.05) is 39.9 Å². The van der Waals surface area contributed by atoms with E-state index in [4.69, 9.17) is 9.88 Å². The lowest BCUT2D eigenvalue weighted by molar-refractivity contribution is 0.0409. The van der Waals surface area contributed by atoms with Crippen LogP contribution in [-0.2, 0) is 24.8 Å². The van der Waals surface area contributed by atoms with Crippen molar-refractivity contribution < 1.29 is 21.6 Å². The number of ether oxygens (including phenoxy) is 1. The smallest absolute Gasteiger partial charge is 0.274 e. The topological polar surface area (TPSA) is 110 Å². The zero-order chi connectivity index (χ0) is 16.8. The van der Waals surface area contributed by atoms with Gasteiger partial charge in [0.25, 0.3) is 10.0 Å². The number of thiophene rings is 1. The molecule has 0 bridgehead atoms. The first-order valence-corrected chi connectivity index (χ1v) is 10.7. The maximum atomic E-state index is 12.6. The van der Waals surface area contributed by atoms with Crippen molar-refractivity contribution in [1.82, 2.24) is 9.21 Å². The average molecular weight is 416 g/mol. The van der Waals surface area contributed by atoms with Gasteiger partial charge in [-0.1, -0.05) is 0 Å². The van der Waals surface area contributed by atoms with Crippen LogP contribution in [0.25, 0.3) is 6.08 Å². The van der Waals surface area contributed by atoms with Crippen LogP contribution in [0.3, 0.4) is 0 Å². The summed E-state index contributed by atoms with van der Waals surface area (Å²) in [5, 5.41) is 5.11. The van der Waals surface area contributed by atoms with Gasteiger partial charge in [-0.2, -0.15) is 0 Å². The minimum Gasteiger partial charge on any atom is -0.379 e. The largest absolute Gasteiger partial charge is 0.379 e. The molecule has 0 aliphatic carbocycles. The Labute approximate surface area is 151 Å². The molecule has 2 aliphatic heterocycles. The SMILES string of the molecule is CN1C(CN2CCOCC2)=Cc2cc(S(N)(=O)=O)sc2S1(=O)=O.Cl. The van der Waals surface area contributed by atoms with E-state index in [0.29, 0.717) is 42.4 Å². The standard InChI is InChI=1S/C12H17N3O5S3.ClH/c1-14-10(8-15-2-4-20-5-3-15)6-9-7-11(22(13,16)17)21-12(9)23(14,18)19;/h6-7H,2-5,8H2,1H3,(H2,13,16,17);1H. The van der Waals surface area contributed by atoms with Crippen LogP contribution in [0.5, 0.6) is 0 Å². The molecule has 1 aromatic heterocycles. The van der Waals surface area contributed by atoms with Gasteiger partial charge in [-0.05, 0) is 12.1 Å². The first-order valence-electron chi connectivity index (χ1n) is 6.86. The number of nitrogens with zero attached hydrogens (tertiary/aromatic N) is 2. The summed E-state index contributed by atoms with van der Waals surface area (Å²) in [6.45, 7) is 3.14. The molecule has 2 aliphatic rings. The number of hydrogen-bond donors (Lipinski definition) is 1. The molecule has 0 radical (unpaired) electrons. The second-order valence-corrected chi connectivity index (χ2v) is 10.4. The maximum absolute atomic E-state index is 12.6. The van der Waals surface area contributed by atoms with Gasteiger partial charge in [0.05, 0.1) is 13.2 Å². The summed E-state index contributed by atoms with van der Waals surface area (Å²) in [6, 6.07) is 1.32. The van der Waals surface area contributed by atoms with Gasteiger partial charge < -0.3 is 4.74 Å². The van der Waals surface area contributed by atoms with Crippen LogP contribution in [-0.4, -0.2) is 65.9 Å². The molecule has 0 aromatic carbocycles. The summed E-state index contributed by atoms with van der Waals surface area (Å²) >= 11 is 0.680. The van der Waals surface area contributed by atoms with Crippen molar-refractivity contribution in [2.45, 2.75) is 8.42 Å². The van der Waals surface area contributed by atoms with Gasteiger partial charge in [0.1, 0.15) is 8.42 Å². The van der Waals surface area contributed by atoms with Gasteiger partial charge in [-0.25, -0.2) is 22.0 Å². The van der Waals surface area contributed by atoms with E-state index in [1.807, 2.05) is 0 Å². The maximum Gasteiger partial charge on any atom is 0.274 e. The highest BCUT2D eigenvalue weighted by Gasteiger charge is 2.34. The third-order valence-electron chi connectivity index (χ3n) is 3.79. The van der Waals surface area contributed by atoms with E-state index in [9.17, 15) is 16.8 Å². The van der Waals surface area contributed by atoms with Crippen molar-refractivity contribution in [2.24, 2.45) is 5.14 Å². The number of sulfonamides is 2. The average Bonchev–Trinajstić information content (AvgIpc) is 2.91. The van der Waals surface area contributed by atoms with Gasteiger partial charge in [0.15, 0.2) is 0 Å². The fourth-order valence-corrected chi connectivity index (χ4v) is 6.37. The molecule has 136 valence electrons. The fraction of sp³-hybridized carbons (Fsp3) is 0.500. The molecule has 1 fully saturated rings. The lowest BCUT2D eigenvalue weighted by Crippen LogP contribution is -2.41. The van der Waals surface area contributed by atoms with Crippen molar-refractivity contribution in [1.29, 1.82) is 0 Å². The van der Waals surface area contributed by atoms with E-state index in [1.165, 1.54) is 17.4 Å². The first kappa shape index (κ1) is 19.6. The Hall–Kier alpha value is -0.690. The van der Waals surface area contributed by atoms with Gasteiger partial charge in [0.2, 0.25) is 10.0 Å². The minimum atomic E-state index is -3.93. The van der Waals surface area contributed by atoms with Gasteiger partial charge >= 0.3 is 0 Å². The quantitative estimate of drug-likeness (QED) is 0.751. The van der Waals surface area contributed by atoms with Crippen molar-refractivity contribution in [3.63, 3.8) is 0 Å². The molecule has 0 amide bonds. The van der Waals surface area contributed by atoms with E-state index in [0.717, 1.165) is 13.1 Å². The Bertz CT molecular complexity index is 856. The highest BCUT2D eigenvalue weighted by Crippen LogP contribution is 2.37. The molecule has 24 heavy (non-hydrogen) atoms. The number of hydrogen-bond acceptors (Lipinski definition) is 7. The van der Waals surface area contributed by atoms with Crippen molar-refractivity contribution >= 4 is 49.9 Å². The van der Waals surface area contributed by atoms with Gasteiger partial charge in [-0.15, -0.1) is 23.7 Å². The molecule has 0 atom stereocenters. The number of rotatable bonds is 3. The van der Waals surface area contributed by atoms with E-state index in [1.54, 1.807) is 6.08 Å². The number of likely N-dealkylation sites (N-methyl/N-ethyl adjacent to an activating group) is 1.